The van der Waals surface area contributed by atoms with Crippen LogP contribution in [0.15, 0.2) is 47.6 Å². The van der Waals surface area contributed by atoms with E-state index in [1.165, 1.54) is 36.6 Å². The number of imidazole rings is 1. The average Bonchev–Trinajstić information content (AvgIpc) is 3.26. The first-order chi connectivity index (χ1) is 13.8. The van der Waals surface area contributed by atoms with Gasteiger partial charge in [-0.25, -0.2) is 4.98 Å². The van der Waals surface area contributed by atoms with Crippen LogP contribution in [-0.2, 0) is 9.53 Å². The van der Waals surface area contributed by atoms with Gasteiger partial charge in [0, 0.05) is 36.9 Å². The number of carbonyl (C=O) groups is 1. The standard InChI is InChI=1S/C25H32N2O2/c1-16-13-22-20-6-5-18-14-19(29-17(2)28)7-9-24(18,3)21(20)8-10-25(22,4)23(16)27-12-11-26-15-27/h5,11-13,15,19-21H,6-10,14H2,1-4H3/t19-,20+,21-,24-,25-/m0/s1. The highest BCUT2D eigenvalue weighted by Gasteiger charge is 2.55. The van der Waals surface area contributed by atoms with E-state index in [-0.39, 0.29) is 22.9 Å². The van der Waals surface area contributed by atoms with Gasteiger partial charge in [0.15, 0.2) is 0 Å². The molecular formula is C25H32N2O2. The maximum absolute atomic E-state index is 11.4. The monoisotopic (exact) mass is 392 g/mol. The first-order valence-corrected chi connectivity index (χ1v) is 11.1. The second-order valence-electron chi connectivity index (χ2n) is 10.0. The molecule has 0 unspecified atom stereocenters. The lowest BCUT2D eigenvalue weighted by Crippen LogP contribution is -2.47. The van der Waals surface area contributed by atoms with E-state index in [0.717, 1.165) is 25.7 Å². The molecule has 0 N–H and O–H groups in total. The van der Waals surface area contributed by atoms with Gasteiger partial charge in [0.25, 0.3) is 0 Å². The highest BCUT2D eigenvalue weighted by atomic mass is 16.5. The van der Waals surface area contributed by atoms with Gasteiger partial charge in [-0.15, -0.1) is 0 Å². The first-order valence-electron chi connectivity index (χ1n) is 11.1. The molecule has 29 heavy (non-hydrogen) atoms. The Bertz CT molecular complexity index is 938. The number of fused-ring (bicyclic) bond motifs is 5. The van der Waals surface area contributed by atoms with Gasteiger partial charge in [-0.2, -0.15) is 0 Å². The number of ether oxygens (including phenoxy) is 1. The van der Waals surface area contributed by atoms with E-state index in [1.54, 1.807) is 5.57 Å². The van der Waals surface area contributed by atoms with Crippen molar-refractivity contribution >= 4 is 11.7 Å². The summed E-state index contributed by atoms with van der Waals surface area (Å²) in [6, 6.07) is 0. The normalized spacial score (nSPS) is 38.6. The molecule has 2 fully saturated rings. The molecule has 0 spiro atoms. The summed E-state index contributed by atoms with van der Waals surface area (Å²) in [5.41, 5.74) is 6.34. The first kappa shape index (κ1) is 18.9. The van der Waals surface area contributed by atoms with Crippen LogP contribution in [0, 0.1) is 22.7 Å². The van der Waals surface area contributed by atoms with E-state index < -0.39 is 0 Å². The van der Waals surface area contributed by atoms with Crippen molar-refractivity contribution in [3.05, 3.63) is 47.6 Å². The van der Waals surface area contributed by atoms with Crippen LogP contribution >= 0.6 is 0 Å². The second-order valence-corrected chi connectivity index (χ2v) is 10.0. The molecule has 0 aromatic carbocycles. The molecule has 1 heterocycles. The highest BCUT2D eigenvalue weighted by molar-refractivity contribution is 5.70. The SMILES string of the molecule is CC(=O)O[C@H]1CC[C@@]2(C)C(=CC[C@H]3C4=CC(C)=C(n5ccnc5)[C@@]4(C)CC[C@@H]32)C1. The fourth-order valence-electron chi connectivity index (χ4n) is 7.15. The molecule has 154 valence electrons. The largest absolute Gasteiger partial charge is 0.462 e. The van der Waals surface area contributed by atoms with E-state index in [9.17, 15) is 4.79 Å². The van der Waals surface area contributed by atoms with E-state index in [1.807, 2.05) is 12.5 Å². The number of esters is 1. The Labute approximate surface area is 173 Å². The minimum atomic E-state index is -0.147. The maximum atomic E-state index is 11.4. The zero-order valence-corrected chi connectivity index (χ0v) is 18.1. The fraction of sp³-hybridized carbons (Fsp3) is 0.600. The predicted molar refractivity (Wildman–Crippen MR) is 114 cm³/mol. The summed E-state index contributed by atoms with van der Waals surface area (Å²) in [5.74, 6) is 1.16. The van der Waals surface area contributed by atoms with Crippen molar-refractivity contribution in [3.8, 4) is 0 Å². The lowest BCUT2D eigenvalue weighted by molar-refractivity contribution is -0.148. The summed E-state index contributed by atoms with van der Waals surface area (Å²) in [7, 11) is 0. The zero-order chi connectivity index (χ0) is 20.4. The number of nitrogens with zero attached hydrogens (tertiary/aromatic N) is 2. The lowest BCUT2D eigenvalue weighted by Gasteiger charge is -2.56. The van der Waals surface area contributed by atoms with Gasteiger partial charge in [0.2, 0.25) is 0 Å². The van der Waals surface area contributed by atoms with Crippen molar-refractivity contribution in [2.24, 2.45) is 22.7 Å². The molecule has 5 rings (SSSR count). The van der Waals surface area contributed by atoms with Gasteiger partial charge in [-0.3, -0.25) is 4.79 Å². The molecule has 4 aliphatic carbocycles. The van der Waals surface area contributed by atoms with Crippen molar-refractivity contribution in [1.82, 2.24) is 9.55 Å². The summed E-state index contributed by atoms with van der Waals surface area (Å²) < 4.78 is 7.80. The molecule has 0 radical (unpaired) electrons. The molecule has 1 aromatic heterocycles. The van der Waals surface area contributed by atoms with Crippen LogP contribution < -0.4 is 0 Å². The number of carbonyl (C=O) groups excluding carboxylic acids is 1. The maximum Gasteiger partial charge on any atom is 0.302 e. The van der Waals surface area contributed by atoms with Crippen LogP contribution in [0.5, 0.6) is 0 Å². The highest BCUT2D eigenvalue weighted by Crippen LogP contribution is 2.65. The van der Waals surface area contributed by atoms with Crippen molar-refractivity contribution in [2.75, 3.05) is 0 Å². The third-order valence-corrected chi connectivity index (χ3v) is 8.44. The van der Waals surface area contributed by atoms with Gasteiger partial charge in [-0.05, 0) is 61.9 Å². The lowest BCUT2D eigenvalue weighted by atomic mass is 9.49. The minimum Gasteiger partial charge on any atom is -0.462 e. The molecule has 1 aromatic rings. The van der Waals surface area contributed by atoms with Crippen molar-refractivity contribution in [2.45, 2.75) is 72.3 Å². The van der Waals surface area contributed by atoms with Crippen molar-refractivity contribution in [3.63, 3.8) is 0 Å². The Morgan fingerprint density at radius 3 is 2.83 bits per heavy atom. The van der Waals surface area contributed by atoms with E-state index in [0.29, 0.717) is 11.8 Å². The second kappa shape index (κ2) is 6.45. The Kier molecular flexibility index (Phi) is 4.20. The molecular weight excluding hydrogens is 360 g/mol. The Hall–Kier alpha value is -2.10. The molecule has 5 atom stereocenters. The van der Waals surface area contributed by atoms with Gasteiger partial charge in [0.1, 0.15) is 6.10 Å². The summed E-state index contributed by atoms with van der Waals surface area (Å²) in [4.78, 5) is 15.7. The molecule has 0 aliphatic heterocycles. The van der Waals surface area contributed by atoms with Crippen LogP contribution in [-0.4, -0.2) is 21.6 Å². The van der Waals surface area contributed by atoms with Crippen molar-refractivity contribution in [1.29, 1.82) is 0 Å². The third kappa shape index (κ3) is 2.71. The van der Waals surface area contributed by atoms with E-state index in [2.05, 4.69) is 48.7 Å². The summed E-state index contributed by atoms with van der Waals surface area (Å²) in [6.45, 7) is 8.72. The Morgan fingerprint density at radius 1 is 1.28 bits per heavy atom. The molecule has 4 heteroatoms. The number of aromatic nitrogens is 2. The fourth-order valence-corrected chi connectivity index (χ4v) is 7.15. The van der Waals surface area contributed by atoms with Crippen LogP contribution in [0.25, 0.3) is 5.70 Å². The molecule has 4 nitrogen and oxygen atoms in total. The summed E-state index contributed by atoms with van der Waals surface area (Å²) in [5, 5.41) is 0. The quantitative estimate of drug-likeness (QED) is 0.490. The van der Waals surface area contributed by atoms with Crippen molar-refractivity contribution < 1.29 is 9.53 Å². The number of allylic oxidation sites excluding steroid dienone is 5. The van der Waals surface area contributed by atoms with E-state index in [4.69, 9.17) is 4.74 Å². The van der Waals surface area contributed by atoms with Crippen LogP contribution in [0.3, 0.4) is 0 Å². The number of hydrogen-bond donors (Lipinski definition) is 0. The Morgan fingerprint density at radius 2 is 2.10 bits per heavy atom. The molecule has 0 saturated heterocycles. The molecule has 0 bridgehead atoms. The Balaban J connectivity index is 1.46. The van der Waals surface area contributed by atoms with Gasteiger partial charge in [0.05, 0.1) is 6.33 Å². The minimum absolute atomic E-state index is 0.0692. The zero-order valence-electron chi connectivity index (χ0n) is 18.1. The molecule has 0 amide bonds. The topological polar surface area (TPSA) is 44.1 Å². The van der Waals surface area contributed by atoms with Gasteiger partial charge < -0.3 is 9.30 Å². The summed E-state index contributed by atoms with van der Waals surface area (Å²) >= 11 is 0. The van der Waals surface area contributed by atoms with Crippen LogP contribution in [0.1, 0.15) is 66.2 Å². The number of hydrogen-bond acceptors (Lipinski definition) is 3. The average molecular weight is 393 g/mol. The number of rotatable bonds is 2. The van der Waals surface area contributed by atoms with Gasteiger partial charge in [-0.1, -0.05) is 37.1 Å². The molecule has 2 saturated carbocycles. The van der Waals surface area contributed by atoms with E-state index >= 15 is 0 Å². The van der Waals surface area contributed by atoms with Crippen LogP contribution in [0.2, 0.25) is 0 Å². The summed E-state index contributed by atoms with van der Waals surface area (Å²) in [6.07, 6.45) is 17.6. The predicted octanol–water partition coefficient (Wildman–Crippen LogP) is 5.54. The van der Waals surface area contributed by atoms with Crippen LogP contribution in [0.4, 0.5) is 0 Å². The van der Waals surface area contributed by atoms with Gasteiger partial charge >= 0.3 is 5.97 Å². The third-order valence-electron chi connectivity index (χ3n) is 8.44. The smallest absolute Gasteiger partial charge is 0.302 e. The molecule has 4 aliphatic rings.